The van der Waals surface area contributed by atoms with Crippen LogP contribution >= 0.6 is 15.9 Å². The summed E-state index contributed by atoms with van der Waals surface area (Å²) in [5, 5.41) is 11.9. The van der Waals surface area contributed by atoms with E-state index in [2.05, 4.69) is 21.2 Å². The van der Waals surface area contributed by atoms with Crippen molar-refractivity contribution < 1.29 is 19.4 Å². The van der Waals surface area contributed by atoms with E-state index in [1.54, 1.807) is 0 Å². The van der Waals surface area contributed by atoms with Crippen LogP contribution in [0.3, 0.4) is 0 Å². The van der Waals surface area contributed by atoms with Gasteiger partial charge < -0.3 is 15.2 Å². The lowest BCUT2D eigenvalue weighted by molar-refractivity contribution is -0.138. The van der Waals surface area contributed by atoms with Crippen molar-refractivity contribution in [1.29, 1.82) is 0 Å². The summed E-state index contributed by atoms with van der Waals surface area (Å²) in [6.07, 6.45) is 1.50. The van der Waals surface area contributed by atoms with Crippen LogP contribution in [-0.4, -0.2) is 30.2 Å². The van der Waals surface area contributed by atoms with Crippen LogP contribution in [0.5, 0.6) is 0 Å². The molecule has 0 spiro atoms. The number of hydrogen-bond acceptors (Lipinski definition) is 3. The molecule has 1 saturated heterocycles. The van der Waals surface area contributed by atoms with Crippen molar-refractivity contribution >= 4 is 27.8 Å². The number of ether oxygens (including phenoxy) is 1. The van der Waals surface area contributed by atoms with E-state index in [4.69, 9.17) is 9.84 Å². The second kappa shape index (κ2) is 7.56. The van der Waals surface area contributed by atoms with Gasteiger partial charge in [0.2, 0.25) is 5.91 Å². The van der Waals surface area contributed by atoms with E-state index in [0.29, 0.717) is 13.2 Å². The molecule has 0 aliphatic carbocycles. The quantitative estimate of drug-likeness (QED) is 0.850. The van der Waals surface area contributed by atoms with Crippen molar-refractivity contribution in [1.82, 2.24) is 5.32 Å². The summed E-state index contributed by atoms with van der Waals surface area (Å²) in [5.41, 5.74) is 0.775. The molecule has 114 valence electrons. The Kier molecular flexibility index (Phi) is 5.76. The van der Waals surface area contributed by atoms with Crippen LogP contribution in [0.1, 0.15) is 30.9 Å². The molecular weight excluding hydrogens is 338 g/mol. The van der Waals surface area contributed by atoms with Crippen molar-refractivity contribution in [3.05, 3.63) is 34.3 Å². The van der Waals surface area contributed by atoms with Crippen LogP contribution in [-0.2, 0) is 14.3 Å². The lowest BCUT2D eigenvalue weighted by Gasteiger charge is -2.24. The number of carbonyl (C=O) groups excluding carboxylic acids is 1. The Balaban J connectivity index is 2.08. The van der Waals surface area contributed by atoms with E-state index in [-0.39, 0.29) is 18.2 Å². The van der Waals surface area contributed by atoms with Gasteiger partial charge >= 0.3 is 5.97 Å². The molecule has 1 heterocycles. The first-order chi connectivity index (χ1) is 10.1. The molecule has 1 aromatic carbocycles. The summed E-state index contributed by atoms with van der Waals surface area (Å²) in [6.45, 7) is 1.10. The Morgan fingerprint density at radius 1 is 1.48 bits per heavy atom. The molecule has 6 heteroatoms. The van der Waals surface area contributed by atoms with Crippen molar-refractivity contribution in [2.45, 2.75) is 25.3 Å². The Morgan fingerprint density at radius 2 is 2.29 bits per heavy atom. The average Bonchev–Trinajstić information content (AvgIpc) is 2.47. The number of carboxylic acids is 1. The molecule has 1 aliphatic heterocycles. The molecule has 0 aromatic heterocycles. The Labute approximate surface area is 131 Å². The number of benzene rings is 1. The number of aliphatic carboxylic acids is 1. The van der Waals surface area contributed by atoms with E-state index in [0.717, 1.165) is 22.9 Å². The summed E-state index contributed by atoms with van der Waals surface area (Å²) >= 11 is 3.36. The Morgan fingerprint density at radius 3 is 2.90 bits per heavy atom. The van der Waals surface area contributed by atoms with Crippen molar-refractivity contribution in [2.75, 3.05) is 13.2 Å². The third-order valence-electron chi connectivity index (χ3n) is 3.48. The molecule has 0 unspecified atom stereocenters. The number of halogens is 1. The van der Waals surface area contributed by atoms with Gasteiger partial charge in [0.05, 0.1) is 25.0 Å². The minimum atomic E-state index is -0.944. The molecule has 1 aliphatic rings. The van der Waals surface area contributed by atoms with Gasteiger partial charge in [0.25, 0.3) is 0 Å². The predicted molar refractivity (Wildman–Crippen MR) is 80.8 cm³/mol. The van der Waals surface area contributed by atoms with E-state index < -0.39 is 12.0 Å². The van der Waals surface area contributed by atoms with Crippen molar-refractivity contribution in [3.8, 4) is 0 Å². The largest absolute Gasteiger partial charge is 0.481 e. The van der Waals surface area contributed by atoms with Crippen LogP contribution in [0.2, 0.25) is 0 Å². The minimum absolute atomic E-state index is 0.138. The molecule has 2 rings (SSSR count). The molecule has 5 nitrogen and oxygen atoms in total. The Bertz CT molecular complexity index is 514. The molecule has 1 amide bonds. The lowest BCUT2D eigenvalue weighted by atomic mass is 9.98. The maximum absolute atomic E-state index is 12.3. The van der Waals surface area contributed by atoms with Gasteiger partial charge in [-0.1, -0.05) is 28.1 Å². The molecule has 1 fully saturated rings. The highest BCUT2D eigenvalue weighted by Crippen LogP contribution is 2.22. The molecule has 1 aromatic rings. The van der Waals surface area contributed by atoms with Crippen LogP contribution < -0.4 is 5.32 Å². The van der Waals surface area contributed by atoms with Gasteiger partial charge in [-0.05, 0) is 30.5 Å². The summed E-state index contributed by atoms with van der Waals surface area (Å²) in [5.74, 6) is -1.27. The maximum Gasteiger partial charge on any atom is 0.305 e. The fraction of sp³-hybridized carbons (Fsp3) is 0.467. The number of nitrogens with one attached hydrogen (secondary N) is 1. The molecule has 21 heavy (non-hydrogen) atoms. The number of rotatable bonds is 5. The monoisotopic (exact) mass is 355 g/mol. The molecule has 0 bridgehead atoms. The first kappa shape index (κ1) is 16.0. The van der Waals surface area contributed by atoms with E-state index >= 15 is 0 Å². The van der Waals surface area contributed by atoms with Crippen molar-refractivity contribution in [3.63, 3.8) is 0 Å². The van der Waals surface area contributed by atoms with Crippen LogP contribution in [0.4, 0.5) is 0 Å². The van der Waals surface area contributed by atoms with Gasteiger partial charge in [0.15, 0.2) is 0 Å². The number of carbonyl (C=O) groups is 2. The standard InChI is InChI=1S/C15H18BrNO4/c16-12-5-1-3-10(7-12)13(8-14(18)19)17-15(20)11-4-2-6-21-9-11/h1,3,5,7,11,13H,2,4,6,8-9H2,(H,17,20)(H,18,19)/t11-,13-/m1/s1. The van der Waals surface area contributed by atoms with E-state index in [1.807, 2.05) is 24.3 Å². The first-order valence-corrected chi connectivity index (χ1v) is 7.71. The SMILES string of the molecule is O=C(O)C[C@@H](NC(=O)[C@@H]1CCCOC1)c1cccc(Br)c1. The number of hydrogen-bond donors (Lipinski definition) is 2. The zero-order valence-corrected chi connectivity index (χ0v) is 13.1. The Hall–Kier alpha value is -1.40. The molecular formula is C15H18BrNO4. The summed E-state index contributed by atoms with van der Waals surface area (Å²) < 4.78 is 6.16. The van der Waals surface area contributed by atoms with Gasteiger partial charge in [-0.2, -0.15) is 0 Å². The highest BCUT2D eigenvalue weighted by Gasteiger charge is 2.25. The summed E-state index contributed by atoms with van der Waals surface area (Å²) in [4.78, 5) is 23.3. The highest BCUT2D eigenvalue weighted by molar-refractivity contribution is 9.10. The predicted octanol–water partition coefficient (Wildman–Crippen LogP) is 2.51. The third-order valence-corrected chi connectivity index (χ3v) is 3.97. The third kappa shape index (κ3) is 4.82. The van der Waals surface area contributed by atoms with Crippen molar-refractivity contribution in [2.24, 2.45) is 5.92 Å². The van der Waals surface area contributed by atoms with Crippen LogP contribution in [0.25, 0.3) is 0 Å². The fourth-order valence-corrected chi connectivity index (χ4v) is 2.80. The number of carboxylic acid groups (broad SMARTS) is 1. The van der Waals surface area contributed by atoms with E-state index in [1.165, 1.54) is 0 Å². The molecule has 2 N–H and O–H groups in total. The summed E-state index contributed by atoms with van der Waals surface area (Å²) in [6, 6.07) is 6.79. The minimum Gasteiger partial charge on any atom is -0.481 e. The first-order valence-electron chi connectivity index (χ1n) is 6.91. The fourth-order valence-electron chi connectivity index (χ4n) is 2.39. The lowest BCUT2D eigenvalue weighted by Crippen LogP contribution is -2.38. The topological polar surface area (TPSA) is 75.6 Å². The van der Waals surface area contributed by atoms with Gasteiger partial charge in [0.1, 0.15) is 0 Å². The summed E-state index contributed by atoms with van der Waals surface area (Å²) in [7, 11) is 0. The second-order valence-corrected chi connectivity index (χ2v) is 6.04. The average molecular weight is 356 g/mol. The maximum atomic E-state index is 12.3. The second-order valence-electron chi connectivity index (χ2n) is 5.13. The normalized spacial score (nSPS) is 19.8. The van der Waals surface area contributed by atoms with Gasteiger partial charge in [-0.15, -0.1) is 0 Å². The number of amides is 1. The van der Waals surface area contributed by atoms with Gasteiger partial charge in [-0.3, -0.25) is 9.59 Å². The van der Waals surface area contributed by atoms with Gasteiger partial charge in [0, 0.05) is 11.1 Å². The smallest absolute Gasteiger partial charge is 0.305 e. The van der Waals surface area contributed by atoms with Crippen LogP contribution in [0, 0.1) is 5.92 Å². The van der Waals surface area contributed by atoms with Gasteiger partial charge in [-0.25, -0.2) is 0 Å². The molecule has 2 atom stereocenters. The zero-order chi connectivity index (χ0) is 15.2. The zero-order valence-electron chi connectivity index (χ0n) is 11.5. The highest BCUT2D eigenvalue weighted by atomic mass is 79.9. The molecule has 0 saturated carbocycles. The molecule has 0 radical (unpaired) electrons. The van der Waals surface area contributed by atoms with E-state index in [9.17, 15) is 9.59 Å². The van der Waals surface area contributed by atoms with Crippen LogP contribution in [0.15, 0.2) is 28.7 Å².